The van der Waals surface area contributed by atoms with E-state index >= 15 is 0 Å². The maximum Gasteiger partial charge on any atom is 0.261 e. The van der Waals surface area contributed by atoms with E-state index in [2.05, 4.69) is 0 Å². The van der Waals surface area contributed by atoms with Crippen LogP contribution >= 0.6 is 0 Å². The molecule has 0 unspecified atom stereocenters. The van der Waals surface area contributed by atoms with Crippen LogP contribution in [0.5, 0.6) is 0 Å². The Morgan fingerprint density at radius 2 is 1.56 bits per heavy atom. The van der Waals surface area contributed by atoms with E-state index in [4.69, 9.17) is 0 Å². The number of anilines is 2. The van der Waals surface area contributed by atoms with Crippen molar-refractivity contribution in [3.8, 4) is 0 Å². The number of fused-ring (bicyclic) bond motifs is 2. The largest absolute Gasteiger partial charge is 0.314 e. The highest BCUT2D eigenvalue weighted by Gasteiger charge is 2.59. The van der Waals surface area contributed by atoms with Gasteiger partial charge in [-0.15, -0.1) is 0 Å². The molecule has 0 N–H and O–H groups in total. The molecule has 1 fully saturated rings. The van der Waals surface area contributed by atoms with Crippen LogP contribution in [0.15, 0.2) is 23.3 Å². The lowest BCUT2D eigenvalue weighted by Crippen LogP contribution is -2.32. The minimum Gasteiger partial charge on any atom is -0.314 e. The molecule has 1 saturated carbocycles. The number of imide groups is 1. The molecule has 2 aliphatic carbocycles. The van der Waals surface area contributed by atoms with Gasteiger partial charge in [0.05, 0.1) is 11.1 Å². The quantitative estimate of drug-likeness (QED) is 0.739. The van der Waals surface area contributed by atoms with Crippen molar-refractivity contribution >= 4 is 29.1 Å². The number of benzene rings is 1. The summed E-state index contributed by atoms with van der Waals surface area (Å²) in [6.45, 7) is 0. The van der Waals surface area contributed by atoms with E-state index in [1.54, 1.807) is 7.05 Å². The van der Waals surface area contributed by atoms with Crippen molar-refractivity contribution in [2.45, 2.75) is 43.9 Å². The summed E-state index contributed by atoms with van der Waals surface area (Å²) >= 11 is 0. The van der Waals surface area contributed by atoms with Crippen molar-refractivity contribution in [3.05, 3.63) is 34.7 Å². The van der Waals surface area contributed by atoms with Gasteiger partial charge in [-0.05, 0) is 56.2 Å². The number of halogens is 1. The fourth-order valence-corrected chi connectivity index (χ4v) is 4.50. The van der Waals surface area contributed by atoms with Crippen LogP contribution in [0, 0.1) is 5.82 Å². The number of rotatable bonds is 1. The molecule has 2 aliphatic heterocycles. The lowest BCUT2D eigenvalue weighted by molar-refractivity contribution is -0.121. The first kappa shape index (κ1) is 14.8. The summed E-state index contributed by atoms with van der Waals surface area (Å²) in [7, 11) is 1.66. The molecule has 128 valence electrons. The maximum absolute atomic E-state index is 14.9. The first-order valence-electron chi connectivity index (χ1n) is 8.69. The van der Waals surface area contributed by atoms with E-state index in [-0.39, 0.29) is 11.6 Å². The minimum atomic E-state index is -0.616. The third-order valence-electron chi connectivity index (χ3n) is 6.04. The lowest BCUT2D eigenvalue weighted by atomic mass is 9.93. The molecule has 0 radical (unpaired) electrons. The predicted octanol–water partition coefficient (Wildman–Crippen LogP) is 2.58. The molecule has 0 atom stereocenters. The Morgan fingerprint density at radius 3 is 2.12 bits per heavy atom. The summed E-state index contributed by atoms with van der Waals surface area (Å²) in [6, 6.07) is 2.83. The van der Waals surface area contributed by atoms with Gasteiger partial charge in [0.2, 0.25) is 5.91 Å². The van der Waals surface area contributed by atoms with Crippen LogP contribution in [0.4, 0.5) is 15.8 Å². The minimum absolute atomic E-state index is 0.0319. The van der Waals surface area contributed by atoms with E-state index in [0.29, 0.717) is 35.2 Å². The molecule has 25 heavy (non-hydrogen) atoms. The van der Waals surface area contributed by atoms with Gasteiger partial charge >= 0.3 is 0 Å². The zero-order valence-corrected chi connectivity index (χ0v) is 13.9. The van der Waals surface area contributed by atoms with E-state index in [0.717, 1.165) is 30.6 Å². The van der Waals surface area contributed by atoms with Crippen LogP contribution in [0.25, 0.3) is 0 Å². The summed E-state index contributed by atoms with van der Waals surface area (Å²) in [6.07, 6.45) is 4.34. The molecule has 5 rings (SSSR count). The Bertz CT molecular complexity index is 885. The highest BCUT2D eigenvalue weighted by Crippen LogP contribution is 2.58. The first-order valence-corrected chi connectivity index (χ1v) is 8.69. The average molecular weight is 340 g/mol. The van der Waals surface area contributed by atoms with Gasteiger partial charge in [0.15, 0.2) is 0 Å². The zero-order chi connectivity index (χ0) is 17.5. The Balaban J connectivity index is 1.62. The Kier molecular flexibility index (Phi) is 2.70. The fourth-order valence-electron chi connectivity index (χ4n) is 4.50. The molecular formula is C19H17FN2O3. The molecule has 1 aromatic rings. The second-order valence-electron chi connectivity index (χ2n) is 7.38. The highest BCUT2D eigenvalue weighted by molar-refractivity contribution is 6.33. The van der Waals surface area contributed by atoms with Crippen LogP contribution in [-0.4, -0.2) is 24.8 Å². The molecule has 1 aromatic carbocycles. The van der Waals surface area contributed by atoms with Gasteiger partial charge in [0, 0.05) is 23.9 Å². The summed E-state index contributed by atoms with van der Waals surface area (Å²) in [5.41, 5.74) is 1.71. The van der Waals surface area contributed by atoms with Crippen LogP contribution in [0.2, 0.25) is 0 Å². The standard InChI is InChI=1S/C19H17FN2O3/c1-21-14-9-15(13(20)8-12(14)19(6-7-19)18(21)25)22-16(23)10-4-2-3-5-11(10)17(22)24/h8-9H,2-7H2,1H3. The second-order valence-corrected chi connectivity index (χ2v) is 7.38. The van der Waals surface area contributed by atoms with Crippen LogP contribution < -0.4 is 9.80 Å². The molecular weight excluding hydrogens is 323 g/mol. The summed E-state index contributed by atoms with van der Waals surface area (Å²) in [5.74, 6) is -1.47. The number of nitrogens with zero attached hydrogens (tertiary/aromatic N) is 2. The Hall–Kier alpha value is -2.50. The summed E-state index contributed by atoms with van der Waals surface area (Å²) < 4.78 is 14.9. The summed E-state index contributed by atoms with van der Waals surface area (Å²) in [5, 5.41) is 0. The number of likely N-dealkylation sites (N-methyl/N-ethyl adjacent to an activating group) is 1. The molecule has 0 saturated heterocycles. The monoisotopic (exact) mass is 340 g/mol. The molecule has 5 nitrogen and oxygen atoms in total. The SMILES string of the molecule is CN1C(=O)C2(CC2)c2cc(F)c(N3C(=O)C4=C(CCCC4)C3=O)cc21. The normalized spacial score (nSPS) is 23.7. The van der Waals surface area contributed by atoms with Gasteiger partial charge in [0.1, 0.15) is 5.82 Å². The van der Waals surface area contributed by atoms with Crippen molar-refractivity contribution in [1.29, 1.82) is 0 Å². The van der Waals surface area contributed by atoms with Gasteiger partial charge < -0.3 is 4.90 Å². The number of carbonyl (C=O) groups excluding carboxylic acids is 3. The van der Waals surface area contributed by atoms with E-state index in [1.165, 1.54) is 17.0 Å². The third-order valence-corrected chi connectivity index (χ3v) is 6.04. The van der Waals surface area contributed by atoms with E-state index in [1.807, 2.05) is 0 Å². The number of amides is 3. The number of hydrogen-bond donors (Lipinski definition) is 0. The fraction of sp³-hybridized carbons (Fsp3) is 0.421. The van der Waals surface area contributed by atoms with E-state index in [9.17, 15) is 18.8 Å². The molecule has 1 spiro atoms. The van der Waals surface area contributed by atoms with Gasteiger partial charge in [-0.25, -0.2) is 9.29 Å². The topological polar surface area (TPSA) is 57.7 Å². The molecule has 2 heterocycles. The van der Waals surface area contributed by atoms with Gasteiger partial charge in [-0.2, -0.15) is 0 Å². The maximum atomic E-state index is 14.9. The predicted molar refractivity (Wildman–Crippen MR) is 88.7 cm³/mol. The van der Waals surface area contributed by atoms with Gasteiger partial charge in [-0.1, -0.05) is 0 Å². The lowest BCUT2D eigenvalue weighted by Gasteiger charge is -2.19. The van der Waals surface area contributed by atoms with Crippen LogP contribution in [0.3, 0.4) is 0 Å². The van der Waals surface area contributed by atoms with E-state index < -0.39 is 23.0 Å². The van der Waals surface area contributed by atoms with Gasteiger partial charge in [-0.3, -0.25) is 14.4 Å². The highest BCUT2D eigenvalue weighted by atomic mass is 19.1. The van der Waals surface area contributed by atoms with Crippen molar-refractivity contribution in [3.63, 3.8) is 0 Å². The molecule has 0 bridgehead atoms. The van der Waals surface area contributed by atoms with Crippen LogP contribution in [-0.2, 0) is 19.8 Å². The van der Waals surface area contributed by atoms with Gasteiger partial charge in [0.25, 0.3) is 11.8 Å². The third kappa shape index (κ3) is 1.69. The zero-order valence-electron chi connectivity index (χ0n) is 13.9. The molecule has 6 heteroatoms. The Morgan fingerprint density at radius 1 is 0.960 bits per heavy atom. The smallest absolute Gasteiger partial charge is 0.261 e. The Labute approximate surface area is 144 Å². The average Bonchev–Trinajstić information content (AvgIpc) is 3.35. The molecule has 0 aromatic heterocycles. The van der Waals surface area contributed by atoms with Crippen molar-refractivity contribution < 1.29 is 18.8 Å². The summed E-state index contributed by atoms with van der Waals surface area (Å²) in [4.78, 5) is 40.3. The van der Waals surface area contributed by atoms with Crippen molar-refractivity contribution in [1.82, 2.24) is 0 Å². The second kappa shape index (κ2) is 4.56. The molecule has 3 amide bonds. The van der Waals surface area contributed by atoms with Crippen LogP contribution in [0.1, 0.15) is 44.1 Å². The molecule has 4 aliphatic rings. The van der Waals surface area contributed by atoms with Crippen molar-refractivity contribution in [2.75, 3.05) is 16.8 Å². The first-order chi connectivity index (χ1) is 12.0. The van der Waals surface area contributed by atoms with Crippen molar-refractivity contribution in [2.24, 2.45) is 0 Å². The number of carbonyl (C=O) groups is 3. The number of hydrogen-bond acceptors (Lipinski definition) is 3.